The van der Waals surface area contributed by atoms with Gasteiger partial charge in [0.1, 0.15) is 5.82 Å². The summed E-state index contributed by atoms with van der Waals surface area (Å²) in [6.45, 7) is 10.8. The van der Waals surface area contributed by atoms with Crippen LogP contribution in [0, 0.1) is 17.2 Å². The molecule has 1 atom stereocenters. The number of amides is 2. The number of benzene rings is 1. The van der Waals surface area contributed by atoms with Gasteiger partial charge in [0.15, 0.2) is 0 Å². The molecule has 1 aromatic carbocycles. The minimum Gasteiger partial charge on any atom is -0.342 e. The third-order valence-electron chi connectivity index (χ3n) is 5.68. The van der Waals surface area contributed by atoms with Crippen molar-refractivity contribution < 1.29 is 14.0 Å². The van der Waals surface area contributed by atoms with Crippen molar-refractivity contribution in [3.05, 3.63) is 35.6 Å². The Kier molecular flexibility index (Phi) is 5.84. The maximum atomic E-state index is 13.2. The summed E-state index contributed by atoms with van der Waals surface area (Å²) in [5.41, 5.74) is 0.820. The van der Waals surface area contributed by atoms with E-state index in [1.54, 1.807) is 0 Å². The summed E-state index contributed by atoms with van der Waals surface area (Å²) in [5.74, 6) is 0.0448. The van der Waals surface area contributed by atoms with Crippen LogP contribution in [0.1, 0.15) is 32.8 Å². The van der Waals surface area contributed by atoms with E-state index in [0.717, 1.165) is 18.7 Å². The van der Waals surface area contributed by atoms with E-state index in [-0.39, 0.29) is 29.0 Å². The molecule has 0 radical (unpaired) electrons. The molecule has 6 heteroatoms. The largest absolute Gasteiger partial charge is 0.342 e. The minimum absolute atomic E-state index is 0.0509. The second-order valence-corrected chi connectivity index (χ2v) is 8.34. The number of carbonyl (C=O) groups is 2. The van der Waals surface area contributed by atoms with Gasteiger partial charge in [-0.1, -0.05) is 26.0 Å². The molecule has 2 aliphatic heterocycles. The molecule has 0 N–H and O–H groups in total. The molecule has 0 bridgehead atoms. The topological polar surface area (TPSA) is 43.9 Å². The normalized spacial score (nSPS) is 24.1. The Morgan fingerprint density at radius 2 is 1.85 bits per heavy atom. The van der Waals surface area contributed by atoms with E-state index in [1.807, 2.05) is 42.7 Å². The highest BCUT2D eigenvalue weighted by Gasteiger charge is 2.46. The number of rotatable bonds is 4. The first kappa shape index (κ1) is 19.8. The SMILES string of the molecule is CCN1C[C@@]2(CC1=O)CN(Cc1ccc(F)cc1)CCN(C(=O)C(C)C)C2. The second-order valence-electron chi connectivity index (χ2n) is 8.34. The van der Waals surface area contributed by atoms with Gasteiger partial charge < -0.3 is 9.80 Å². The van der Waals surface area contributed by atoms with Gasteiger partial charge in [0.05, 0.1) is 0 Å². The Morgan fingerprint density at radius 3 is 2.44 bits per heavy atom. The van der Waals surface area contributed by atoms with Gasteiger partial charge in [-0.3, -0.25) is 14.5 Å². The van der Waals surface area contributed by atoms with E-state index in [4.69, 9.17) is 0 Å². The summed E-state index contributed by atoms with van der Waals surface area (Å²) in [6, 6.07) is 6.58. The van der Waals surface area contributed by atoms with E-state index in [2.05, 4.69) is 4.90 Å². The first-order chi connectivity index (χ1) is 12.8. The highest BCUT2D eigenvalue weighted by atomic mass is 19.1. The number of halogens is 1. The Balaban J connectivity index is 1.82. The maximum Gasteiger partial charge on any atom is 0.225 e. The van der Waals surface area contributed by atoms with Gasteiger partial charge in [-0.05, 0) is 24.6 Å². The van der Waals surface area contributed by atoms with Gasteiger partial charge in [0.25, 0.3) is 0 Å². The average molecular weight is 375 g/mol. The van der Waals surface area contributed by atoms with Gasteiger partial charge in [0.2, 0.25) is 11.8 Å². The predicted molar refractivity (Wildman–Crippen MR) is 102 cm³/mol. The molecule has 0 aliphatic carbocycles. The number of likely N-dealkylation sites (tertiary alicyclic amines) is 1. The molecule has 2 heterocycles. The van der Waals surface area contributed by atoms with Crippen LogP contribution in [0.2, 0.25) is 0 Å². The zero-order valence-corrected chi connectivity index (χ0v) is 16.6. The van der Waals surface area contributed by atoms with E-state index < -0.39 is 0 Å². The molecular weight excluding hydrogens is 345 g/mol. The highest BCUT2D eigenvalue weighted by Crippen LogP contribution is 2.35. The van der Waals surface area contributed by atoms with Crippen LogP contribution in [0.25, 0.3) is 0 Å². The van der Waals surface area contributed by atoms with Gasteiger partial charge in [-0.15, -0.1) is 0 Å². The summed E-state index contributed by atoms with van der Waals surface area (Å²) in [6.07, 6.45) is 0.489. The van der Waals surface area contributed by atoms with Crippen LogP contribution in [0.4, 0.5) is 4.39 Å². The molecule has 1 spiro atoms. The fourth-order valence-electron chi connectivity index (χ4n) is 4.37. The number of carbonyl (C=O) groups excluding carboxylic acids is 2. The first-order valence-corrected chi connectivity index (χ1v) is 9.85. The van der Waals surface area contributed by atoms with Crippen molar-refractivity contribution in [1.29, 1.82) is 0 Å². The third kappa shape index (κ3) is 4.49. The first-order valence-electron chi connectivity index (χ1n) is 9.85. The zero-order chi connectivity index (χ0) is 19.6. The maximum absolute atomic E-state index is 13.2. The molecule has 3 rings (SSSR count). The lowest BCUT2D eigenvalue weighted by atomic mass is 9.85. The fraction of sp³-hybridized carbons (Fsp3) is 0.619. The summed E-state index contributed by atoms with van der Waals surface area (Å²) >= 11 is 0. The Bertz CT molecular complexity index is 691. The van der Waals surface area contributed by atoms with Crippen molar-refractivity contribution in [2.45, 2.75) is 33.7 Å². The highest BCUT2D eigenvalue weighted by molar-refractivity contribution is 5.81. The molecule has 2 aliphatic rings. The zero-order valence-electron chi connectivity index (χ0n) is 16.6. The standard InChI is InChI=1S/C21H30FN3O2/c1-4-24-14-21(11-19(24)26)13-23(12-17-5-7-18(22)8-6-17)9-10-25(15-21)20(27)16(2)3/h5-8,16H,4,9-15H2,1-3H3/t21-/m1/s1. The van der Waals surface area contributed by atoms with Gasteiger partial charge in [0, 0.05) is 63.6 Å². The van der Waals surface area contributed by atoms with Crippen LogP contribution < -0.4 is 0 Å². The van der Waals surface area contributed by atoms with Gasteiger partial charge >= 0.3 is 0 Å². The molecule has 0 saturated carbocycles. The fourth-order valence-corrected chi connectivity index (χ4v) is 4.37. The van der Waals surface area contributed by atoms with Crippen LogP contribution in [0.3, 0.4) is 0 Å². The van der Waals surface area contributed by atoms with E-state index in [9.17, 15) is 14.0 Å². The quantitative estimate of drug-likeness (QED) is 0.812. The van der Waals surface area contributed by atoms with Gasteiger partial charge in [-0.25, -0.2) is 4.39 Å². The van der Waals surface area contributed by atoms with Crippen LogP contribution >= 0.6 is 0 Å². The van der Waals surface area contributed by atoms with Crippen molar-refractivity contribution >= 4 is 11.8 Å². The lowest BCUT2D eigenvalue weighted by molar-refractivity contribution is -0.135. The summed E-state index contributed by atoms with van der Waals surface area (Å²) in [7, 11) is 0. The Morgan fingerprint density at radius 1 is 1.15 bits per heavy atom. The van der Waals surface area contributed by atoms with E-state index in [0.29, 0.717) is 39.1 Å². The molecule has 1 aromatic rings. The summed E-state index contributed by atoms with van der Waals surface area (Å²) in [5, 5.41) is 0. The number of hydrogen-bond donors (Lipinski definition) is 0. The van der Waals surface area contributed by atoms with Crippen molar-refractivity contribution in [2.24, 2.45) is 11.3 Å². The number of nitrogens with zero attached hydrogens (tertiary/aromatic N) is 3. The van der Waals surface area contributed by atoms with Crippen LogP contribution in [0.15, 0.2) is 24.3 Å². The lowest BCUT2D eigenvalue weighted by Gasteiger charge is -2.34. The monoisotopic (exact) mass is 375 g/mol. The minimum atomic E-state index is -0.236. The number of hydrogen-bond acceptors (Lipinski definition) is 3. The molecule has 27 heavy (non-hydrogen) atoms. The van der Waals surface area contributed by atoms with Gasteiger partial charge in [-0.2, -0.15) is 0 Å². The smallest absolute Gasteiger partial charge is 0.225 e. The van der Waals surface area contributed by atoms with Crippen molar-refractivity contribution in [1.82, 2.24) is 14.7 Å². The second kappa shape index (κ2) is 7.97. The lowest BCUT2D eigenvalue weighted by Crippen LogP contribution is -2.45. The van der Waals surface area contributed by atoms with Crippen LogP contribution in [-0.4, -0.2) is 65.8 Å². The predicted octanol–water partition coefficient (Wildman–Crippen LogP) is 2.36. The molecule has 148 valence electrons. The molecular formula is C21H30FN3O2. The van der Waals surface area contributed by atoms with Crippen LogP contribution in [-0.2, 0) is 16.1 Å². The molecule has 2 fully saturated rings. The van der Waals surface area contributed by atoms with E-state index >= 15 is 0 Å². The van der Waals surface area contributed by atoms with Crippen molar-refractivity contribution in [2.75, 3.05) is 39.3 Å². The Labute approximate surface area is 161 Å². The van der Waals surface area contributed by atoms with Crippen molar-refractivity contribution in [3.8, 4) is 0 Å². The summed E-state index contributed by atoms with van der Waals surface area (Å²) < 4.78 is 13.2. The summed E-state index contributed by atoms with van der Waals surface area (Å²) in [4.78, 5) is 31.3. The third-order valence-corrected chi connectivity index (χ3v) is 5.68. The van der Waals surface area contributed by atoms with Crippen LogP contribution in [0.5, 0.6) is 0 Å². The molecule has 0 aromatic heterocycles. The molecule has 2 saturated heterocycles. The molecule has 0 unspecified atom stereocenters. The average Bonchev–Trinajstić information content (AvgIpc) is 2.83. The molecule has 5 nitrogen and oxygen atoms in total. The Hall–Kier alpha value is -1.95. The van der Waals surface area contributed by atoms with E-state index in [1.165, 1.54) is 12.1 Å². The molecule has 2 amide bonds. The van der Waals surface area contributed by atoms with Crippen molar-refractivity contribution in [3.63, 3.8) is 0 Å².